The minimum Gasteiger partial charge on any atom is -0.381 e. The van der Waals surface area contributed by atoms with E-state index in [1.165, 1.54) is 50.0 Å². The van der Waals surface area contributed by atoms with Gasteiger partial charge in [0, 0.05) is 24.7 Å². The molecule has 1 unspecified atom stereocenters. The molecule has 0 spiro atoms. The lowest BCUT2D eigenvalue weighted by atomic mass is 9.85. The van der Waals surface area contributed by atoms with Crippen LogP contribution < -0.4 is 5.32 Å². The van der Waals surface area contributed by atoms with E-state index < -0.39 is 0 Å². The van der Waals surface area contributed by atoms with Gasteiger partial charge in [-0.3, -0.25) is 4.98 Å². The Morgan fingerprint density at radius 1 is 1.04 bits per heavy atom. The van der Waals surface area contributed by atoms with Gasteiger partial charge in [-0.15, -0.1) is 0 Å². The summed E-state index contributed by atoms with van der Waals surface area (Å²) in [5.74, 6) is 0.800. The van der Waals surface area contributed by atoms with Crippen molar-refractivity contribution >= 4 is 5.69 Å². The average molecular weight is 307 g/mol. The number of fused-ring (bicyclic) bond motifs is 2. The molecule has 3 heterocycles. The third-order valence-corrected chi connectivity index (χ3v) is 5.33. The maximum Gasteiger partial charge on any atom is 0.0703 e. The summed E-state index contributed by atoms with van der Waals surface area (Å²) in [7, 11) is 0. The number of nitrogens with one attached hydrogen (secondary N) is 1. The van der Waals surface area contributed by atoms with Crippen LogP contribution in [0.25, 0.3) is 11.3 Å². The molecule has 23 heavy (non-hydrogen) atoms. The van der Waals surface area contributed by atoms with Crippen molar-refractivity contribution in [2.75, 3.05) is 25.0 Å². The summed E-state index contributed by atoms with van der Waals surface area (Å²) in [6.45, 7) is 5.92. The molecular weight excluding hydrogens is 282 g/mol. The molecule has 2 fully saturated rings. The second kappa shape index (κ2) is 6.32. The van der Waals surface area contributed by atoms with Crippen LogP contribution in [0.5, 0.6) is 0 Å². The van der Waals surface area contributed by atoms with Crippen LogP contribution in [-0.4, -0.2) is 35.6 Å². The Bertz CT molecular complexity index is 648. The largest absolute Gasteiger partial charge is 0.381 e. The molecule has 1 N–H and O–H groups in total. The minimum absolute atomic E-state index is 0.610. The van der Waals surface area contributed by atoms with Gasteiger partial charge < -0.3 is 10.2 Å². The standard InChI is InChI=1S/C20H25N3/c1-15-4-6-16(7-5-15)19-9-8-18(13-21-19)22-20-10-12-23-11-2-3-17(20)14-23/h4-9,13,17,20,22H,2-3,10-12,14H2,1H3/t17-,20-/m0/s1. The molecule has 3 nitrogen and oxygen atoms in total. The normalized spacial score (nSPS) is 26.7. The monoisotopic (exact) mass is 307 g/mol. The van der Waals surface area contributed by atoms with Gasteiger partial charge in [-0.25, -0.2) is 0 Å². The Morgan fingerprint density at radius 3 is 2.70 bits per heavy atom. The van der Waals surface area contributed by atoms with E-state index in [0.29, 0.717) is 6.04 Å². The SMILES string of the molecule is Cc1ccc(-c2ccc(N[C@H]3CCN4CCC[C@H]3C4)cn2)cc1. The maximum atomic E-state index is 4.65. The number of benzene rings is 1. The molecule has 1 aromatic carbocycles. The van der Waals surface area contributed by atoms with Crippen LogP contribution in [-0.2, 0) is 0 Å². The molecule has 2 aliphatic heterocycles. The molecule has 3 atom stereocenters. The number of piperidine rings is 2. The Hall–Kier alpha value is -1.87. The first-order valence-corrected chi connectivity index (χ1v) is 8.80. The zero-order chi connectivity index (χ0) is 15.6. The van der Waals surface area contributed by atoms with E-state index in [1.807, 2.05) is 6.20 Å². The highest BCUT2D eigenvalue weighted by atomic mass is 15.2. The fourth-order valence-corrected chi connectivity index (χ4v) is 3.96. The molecule has 4 rings (SSSR count). The number of pyridine rings is 1. The number of aryl methyl sites for hydroxylation is 1. The van der Waals surface area contributed by atoms with Crippen molar-refractivity contribution in [3.63, 3.8) is 0 Å². The molecule has 1 aromatic heterocycles. The van der Waals surface area contributed by atoms with Crippen molar-refractivity contribution in [2.45, 2.75) is 32.2 Å². The average Bonchev–Trinajstić information content (AvgIpc) is 2.59. The third-order valence-electron chi connectivity index (χ3n) is 5.33. The van der Waals surface area contributed by atoms with Crippen molar-refractivity contribution in [1.82, 2.24) is 9.88 Å². The first-order valence-electron chi connectivity index (χ1n) is 8.80. The summed E-state index contributed by atoms with van der Waals surface area (Å²) in [5, 5.41) is 3.73. The Labute approximate surface area is 138 Å². The van der Waals surface area contributed by atoms with Gasteiger partial charge >= 0.3 is 0 Å². The van der Waals surface area contributed by atoms with Crippen LogP contribution in [0.15, 0.2) is 42.6 Å². The molecule has 2 bridgehead atoms. The van der Waals surface area contributed by atoms with E-state index in [-0.39, 0.29) is 0 Å². The highest BCUT2D eigenvalue weighted by molar-refractivity contribution is 5.61. The van der Waals surface area contributed by atoms with Gasteiger partial charge in [0.1, 0.15) is 0 Å². The van der Waals surface area contributed by atoms with Crippen LogP contribution in [0.1, 0.15) is 24.8 Å². The second-order valence-electron chi connectivity index (χ2n) is 7.04. The van der Waals surface area contributed by atoms with Crippen molar-refractivity contribution in [1.29, 1.82) is 0 Å². The third kappa shape index (κ3) is 3.25. The lowest BCUT2D eigenvalue weighted by Crippen LogP contribution is -2.49. The summed E-state index contributed by atoms with van der Waals surface area (Å²) >= 11 is 0. The van der Waals surface area contributed by atoms with E-state index in [0.717, 1.165) is 17.3 Å². The summed E-state index contributed by atoms with van der Waals surface area (Å²) in [6.07, 6.45) is 5.96. The second-order valence-corrected chi connectivity index (χ2v) is 7.04. The summed E-state index contributed by atoms with van der Waals surface area (Å²) in [5.41, 5.74) is 4.67. The molecule has 0 saturated carbocycles. The van der Waals surface area contributed by atoms with Gasteiger partial charge in [-0.2, -0.15) is 0 Å². The zero-order valence-corrected chi connectivity index (χ0v) is 13.8. The predicted octanol–water partition coefficient (Wildman–Crippen LogP) is 3.95. The Balaban J connectivity index is 1.45. The van der Waals surface area contributed by atoms with Crippen LogP contribution in [0.4, 0.5) is 5.69 Å². The van der Waals surface area contributed by atoms with Crippen molar-refractivity contribution in [3.05, 3.63) is 48.2 Å². The van der Waals surface area contributed by atoms with Crippen LogP contribution >= 0.6 is 0 Å². The van der Waals surface area contributed by atoms with Gasteiger partial charge in [0.15, 0.2) is 0 Å². The number of rotatable bonds is 3. The maximum absolute atomic E-state index is 4.65. The fourth-order valence-electron chi connectivity index (χ4n) is 3.96. The van der Waals surface area contributed by atoms with Gasteiger partial charge in [0.25, 0.3) is 0 Å². The molecule has 2 aromatic rings. The molecule has 2 saturated heterocycles. The minimum atomic E-state index is 0.610. The van der Waals surface area contributed by atoms with Gasteiger partial charge in [0.2, 0.25) is 0 Å². The summed E-state index contributed by atoms with van der Waals surface area (Å²) in [6, 6.07) is 13.5. The predicted molar refractivity (Wildman–Crippen MR) is 95.6 cm³/mol. The number of aromatic nitrogens is 1. The topological polar surface area (TPSA) is 28.2 Å². The molecular formula is C20H25N3. The number of hydrogen-bond donors (Lipinski definition) is 1. The smallest absolute Gasteiger partial charge is 0.0703 e. The van der Waals surface area contributed by atoms with E-state index in [1.54, 1.807) is 0 Å². The van der Waals surface area contributed by atoms with Crippen molar-refractivity contribution in [3.8, 4) is 11.3 Å². The molecule has 3 heteroatoms. The molecule has 0 amide bonds. The van der Waals surface area contributed by atoms with Gasteiger partial charge in [-0.05, 0) is 50.8 Å². The first kappa shape index (κ1) is 14.7. The van der Waals surface area contributed by atoms with Crippen LogP contribution in [0.3, 0.4) is 0 Å². The van der Waals surface area contributed by atoms with Crippen LogP contribution in [0, 0.1) is 12.8 Å². The first-order chi connectivity index (χ1) is 11.3. The quantitative estimate of drug-likeness (QED) is 0.930. The summed E-state index contributed by atoms with van der Waals surface area (Å²) in [4.78, 5) is 7.27. The number of nitrogens with zero attached hydrogens (tertiary/aromatic N) is 2. The molecule has 2 aliphatic rings. The summed E-state index contributed by atoms with van der Waals surface area (Å²) < 4.78 is 0. The Kier molecular flexibility index (Phi) is 4.04. The Morgan fingerprint density at radius 2 is 1.91 bits per heavy atom. The van der Waals surface area contributed by atoms with Gasteiger partial charge in [-0.1, -0.05) is 29.8 Å². The highest BCUT2D eigenvalue weighted by Crippen LogP contribution is 2.29. The van der Waals surface area contributed by atoms with E-state index in [2.05, 4.69) is 58.5 Å². The highest BCUT2D eigenvalue weighted by Gasteiger charge is 2.31. The molecule has 120 valence electrons. The lowest BCUT2D eigenvalue weighted by Gasteiger charge is -2.43. The zero-order valence-electron chi connectivity index (χ0n) is 13.8. The van der Waals surface area contributed by atoms with Crippen molar-refractivity contribution < 1.29 is 0 Å². The number of anilines is 1. The molecule has 0 radical (unpaired) electrons. The molecule has 0 aliphatic carbocycles. The van der Waals surface area contributed by atoms with Crippen molar-refractivity contribution in [2.24, 2.45) is 5.92 Å². The fraction of sp³-hybridized carbons (Fsp3) is 0.450. The van der Waals surface area contributed by atoms with Gasteiger partial charge in [0.05, 0.1) is 17.6 Å². The lowest BCUT2D eigenvalue weighted by molar-refractivity contribution is 0.113. The van der Waals surface area contributed by atoms with E-state index in [4.69, 9.17) is 0 Å². The van der Waals surface area contributed by atoms with Crippen LogP contribution in [0.2, 0.25) is 0 Å². The van der Waals surface area contributed by atoms with E-state index >= 15 is 0 Å². The number of hydrogen-bond acceptors (Lipinski definition) is 3. The van der Waals surface area contributed by atoms with E-state index in [9.17, 15) is 0 Å².